The average molecular weight is 712 g/mol. The third-order valence-electron chi connectivity index (χ3n) is 8.85. The molecule has 0 aliphatic carbocycles. The molecule has 2 N–H and O–H groups in total. The Labute approximate surface area is 296 Å². The maximum atomic E-state index is 14.6. The number of aliphatic hydroxyl groups is 1. The van der Waals surface area contributed by atoms with Crippen LogP contribution in [0.3, 0.4) is 0 Å². The van der Waals surface area contributed by atoms with Gasteiger partial charge in [-0.2, -0.15) is 0 Å². The number of amides is 2. The van der Waals surface area contributed by atoms with Crippen molar-refractivity contribution in [1.82, 2.24) is 19.6 Å². The van der Waals surface area contributed by atoms with Gasteiger partial charge in [0.2, 0.25) is 5.95 Å². The highest BCUT2D eigenvalue weighted by atomic mass is 35.5. The number of halogens is 1. The molecule has 0 radical (unpaired) electrons. The van der Waals surface area contributed by atoms with Crippen LogP contribution < -0.4 is 9.62 Å². The predicted octanol–water partition coefficient (Wildman–Crippen LogP) is 6.25. The summed E-state index contributed by atoms with van der Waals surface area (Å²) in [5.74, 6) is -0.918. The van der Waals surface area contributed by atoms with E-state index in [4.69, 9.17) is 16.6 Å². The van der Waals surface area contributed by atoms with Crippen LogP contribution in [0.25, 0.3) is 22.0 Å². The Hall–Kier alpha value is -4.84. The fourth-order valence-electron chi connectivity index (χ4n) is 6.34. The highest BCUT2D eigenvalue weighted by Crippen LogP contribution is 2.34. The molecule has 12 heteroatoms. The van der Waals surface area contributed by atoms with Crippen molar-refractivity contribution in [2.75, 3.05) is 24.6 Å². The molecule has 10 nitrogen and oxygen atoms in total. The van der Waals surface area contributed by atoms with Crippen molar-refractivity contribution in [1.29, 1.82) is 0 Å². The van der Waals surface area contributed by atoms with Crippen molar-refractivity contribution in [3.05, 3.63) is 118 Å². The molecule has 5 aromatic rings. The number of aromatic nitrogens is 2. The highest BCUT2D eigenvalue weighted by molar-refractivity contribution is 7.90. The summed E-state index contributed by atoms with van der Waals surface area (Å²) in [4.78, 5) is 41.0. The summed E-state index contributed by atoms with van der Waals surface area (Å²) in [5.41, 5.74) is 2.66. The van der Waals surface area contributed by atoms with Crippen LogP contribution in [0.15, 0.2) is 96.0 Å². The molecular weight excluding hydrogens is 674 g/mol. The Morgan fingerprint density at radius 1 is 0.940 bits per heavy atom. The van der Waals surface area contributed by atoms with E-state index >= 15 is 0 Å². The number of carbonyl (C=O) groups is 2. The first kappa shape index (κ1) is 35.0. The first-order valence-corrected chi connectivity index (χ1v) is 18.5. The minimum atomic E-state index is -4.27. The lowest BCUT2D eigenvalue weighted by atomic mass is 9.92. The van der Waals surface area contributed by atoms with Crippen molar-refractivity contribution in [2.24, 2.45) is 0 Å². The number of hydrogen-bond donors (Lipinski definition) is 2. The van der Waals surface area contributed by atoms with E-state index in [2.05, 4.69) is 23.6 Å². The zero-order valence-corrected chi connectivity index (χ0v) is 29.4. The average Bonchev–Trinajstić information content (AvgIpc) is 3.13. The van der Waals surface area contributed by atoms with Crippen LogP contribution in [0.1, 0.15) is 58.5 Å². The van der Waals surface area contributed by atoms with E-state index in [1.165, 1.54) is 30.5 Å². The molecule has 6 rings (SSSR count). The second kappa shape index (κ2) is 15.0. The van der Waals surface area contributed by atoms with E-state index in [0.717, 1.165) is 42.4 Å². The number of fused-ring (bicyclic) bond motifs is 2. The Bertz CT molecular complexity index is 2170. The van der Waals surface area contributed by atoms with Crippen LogP contribution in [0.4, 0.5) is 5.95 Å². The number of anilines is 1. The molecule has 1 atom stereocenters. The van der Waals surface area contributed by atoms with Gasteiger partial charge in [-0.25, -0.2) is 23.1 Å². The van der Waals surface area contributed by atoms with Gasteiger partial charge in [0.05, 0.1) is 34.5 Å². The SMILES string of the molecule is CCCN(CCC)c1ncc(Cl)c(-c2ccc(C(=O)NS(=O)(=O)c3ccc4ccccc4c3)cc2C(=O)N2Cc3ccccc3CC2CO)n1. The molecule has 0 fully saturated rings. The van der Waals surface area contributed by atoms with Gasteiger partial charge >= 0.3 is 0 Å². The number of nitrogens with zero attached hydrogens (tertiary/aromatic N) is 4. The molecule has 2 heterocycles. The Morgan fingerprint density at radius 3 is 2.36 bits per heavy atom. The van der Waals surface area contributed by atoms with E-state index in [-0.39, 0.29) is 34.2 Å². The second-order valence-electron chi connectivity index (χ2n) is 12.3. The summed E-state index contributed by atoms with van der Waals surface area (Å²) in [6.45, 7) is 5.52. The predicted molar refractivity (Wildman–Crippen MR) is 195 cm³/mol. The molecule has 0 saturated carbocycles. The van der Waals surface area contributed by atoms with Gasteiger partial charge in [0.1, 0.15) is 0 Å². The van der Waals surface area contributed by atoms with Crippen LogP contribution in [0.5, 0.6) is 0 Å². The summed E-state index contributed by atoms with van der Waals surface area (Å²) < 4.78 is 28.9. The lowest BCUT2D eigenvalue weighted by molar-refractivity contribution is 0.0545. The molecule has 0 spiro atoms. The molecule has 2 amide bonds. The van der Waals surface area contributed by atoms with Crippen molar-refractivity contribution >= 4 is 50.2 Å². The molecule has 50 heavy (non-hydrogen) atoms. The third-order valence-corrected chi connectivity index (χ3v) is 10.5. The molecule has 0 bridgehead atoms. The molecule has 1 aliphatic rings. The minimum absolute atomic E-state index is 0.0524. The molecule has 1 unspecified atom stereocenters. The second-order valence-corrected chi connectivity index (χ2v) is 14.4. The number of hydrogen-bond acceptors (Lipinski definition) is 8. The van der Waals surface area contributed by atoms with Gasteiger partial charge in [0, 0.05) is 36.3 Å². The monoisotopic (exact) mass is 711 g/mol. The zero-order chi connectivity index (χ0) is 35.4. The van der Waals surface area contributed by atoms with E-state index < -0.39 is 27.9 Å². The fraction of sp³-hybridized carbons (Fsp3) is 0.263. The van der Waals surface area contributed by atoms with Gasteiger partial charge in [-0.3, -0.25) is 9.59 Å². The molecule has 0 saturated heterocycles. The minimum Gasteiger partial charge on any atom is -0.394 e. The Morgan fingerprint density at radius 2 is 1.64 bits per heavy atom. The Balaban J connectivity index is 1.42. The van der Waals surface area contributed by atoms with Crippen LogP contribution in [0, 0.1) is 0 Å². The largest absolute Gasteiger partial charge is 0.394 e. The summed E-state index contributed by atoms with van der Waals surface area (Å²) in [6.07, 6.45) is 3.68. The maximum Gasteiger partial charge on any atom is 0.265 e. The van der Waals surface area contributed by atoms with E-state index in [1.807, 2.05) is 41.3 Å². The van der Waals surface area contributed by atoms with Gasteiger partial charge < -0.3 is 14.9 Å². The topological polar surface area (TPSA) is 133 Å². The van der Waals surface area contributed by atoms with Gasteiger partial charge in [0.15, 0.2) is 0 Å². The standard InChI is InChI=1S/C38H38ClN5O5S/c1-3-17-43(18-4-2)38-40-22-34(39)35(41-38)32-16-14-28(36(46)42-50(48,49)31-15-13-25-9-5-6-11-27(25)20-31)21-33(32)37(47)44-23-29-12-8-7-10-26(29)19-30(44)24-45/h5-16,20-22,30,45H,3-4,17-19,23-24H2,1-2H3,(H,42,46). The van der Waals surface area contributed by atoms with Gasteiger partial charge in [0.25, 0.3) is 21.8 Å². The van der Waals surface area contributed by atoms with Crippen LogP contribution in [0.2, 0.25) is 5.02 Å². The summed E-state index contributed by atoms with van der Waals surface area (Å²) in [6, 6.07) is 23.5. The van der Waals surface area contributed by atoms with E-state index in [1.54, 1.807) is 29.2 Å². The van der Waals surface area contributed by atoms with Gasteiger partial charge in [-0.05, 0) is 65.4 Å². The van der Waals surface area contributed by atoms with Crippen LogP contribution in [-0.2, 0) is 23.0 Å². The quantitative estimate of drug-likeness (QED) is 0.164. The smallest absolute Gasteiger partial charge is 0.265 e. The Kier molecular flexibility index (Phi) is 10.5. The first-order valence-electron chi connectivity index (χ1n) is 16.6. The van der Waals surface area contributed by atoms with Crippen LogP contribution >= 0.6 is 11.6 Å². The summed E-state index contributed by atoms with van der Waals surface area (Å²) >= 11 is 6.71. The van der Waals surface area contributed by atoms with E-state index in [9.17, 15) is 23.1 Å². The highest BCUT2D eigenvalue weighted by Gasteiger charge is 2.32. The van der Waals surface area contributed by atoms with E-state index in [0.29, 0.717) is 29.0 Å². The number of benzene rings is 4. The molecule has 4 aromatic carbocycles. The van der Waals surface area contributed by atoms with Crippen molar-refractivity contribution in [2.45, 2.75) is 50.6 Å². The van der Waals surface area contributed by atoms with Crippen molar-refractivity contribution < 1.29 is 23.1 Å². The molecule has 258 valence electrons. The summed E-state index contributed by atoms with van der Waals surface area (Å²) in [5, 5.41) is 12.2. The van der Waals surface area contributed by atoms with Gasteiger partial charge in [-0.15, -0.1) is 0 Å². The zero-order valence-electron chi connectivity index (χ0n) is 27.8. The van der Waals surface area contributed by atoms with Crippen molar-refractivity contribution in [3.8, 4) is 11.3 Å². The summed E-state index contributed by atoms with van der Waals surface area (Å²) in [7, 11) is -4.27. The normalized spacial score (nSPS) is 14.3. The fourth-order valence-corrected chi connectivity index (χ4v) is 7.54. The maximum absolute atomic E-state index is 14.6. The number of aliphatic hydroxyl groups excluding tert-OH is 1. The molecule has 1 aliphatic heterocycles. The van der Waals surface area contributed by atoms with Crippen LogP contribution in [-0.4, -0.2) is 65.9 Å². The lowest BCUT2D eigenvalue weighted by Crippen LogP contribution is -2.46. The molecule has 1 aromatic heterocycles. The number of rotatable bonds is 11. The number of carbonyl (C=O) groups excluding carboxylic acids is 2. The lowest BCUT2D eigenvalue weighted by Gasteiger charge is -2.36. The first-order chi connectivity index (χ1) is 24.1. The van der Waals surface area contributed by atoms with Gasteiger partial charge in [-0.1, -0.05) is 86.1 Å². The third kappa shape index (κ3) is 7.21. The van der Waals surface area contributed by atoms with Crippen molar-refractivity contribution in [3.63, 3.8) is 0 Å². The number of nitrogens with one attached hydrogen (secondary N) is 1. The number of sulfonamides is 1. The molecular formula is C38H38ClN5O5S.